The van der Waals surface area contributed by atoms with Crippen LogP contribution in [0.5, 0.6) is 0 Å². The molecule has 0 rings (SSSR count). The summed E-state index contributed by atoms with van der Waals surface area (Å²) in [6, 6.07) is 0. The van der Waals surface area contributed by atoms with E-state index >= 15 is 0 Å². The Morgan fingerprint density at radius 3 is 2.80 bits per heavy atom. The van der Waals surface area contributed by atoms with E-state index in [2.05, 4.69) is 0 Å². The quantitative estimate of drug-likeness (QED) is 0.630. The molecule has 1 N–H and O–H groups in total. The van der Waals surface area contributed by atoms with Gasteiger partial charge in [-0.3, -0.25) is 9.18 Å². The maximum absolute atomic E-state index is 11.5. The van der Waals surface area contributed by atoms with Crippen LogP contribution in [0.15, 0.2) is 0 Å². The summed E-state index contributed by atoms with van der Waals surface area (Å²) in [5, 5.41) is 7.96. The van der Waals surface area contributed by atoms with Gasteiger partial charge in [0.25, 0.3) is 0 Å². The van der Waals surface area contributed by atoms with Crippen LogP contribution in [-0.2, 0) is 4.79 Å². The second-order valence-corrected chi connectivity index (χ2v) is 3.34. The summed E-state index contributed by atoms with van der Waals surface area (Å²) >= 11 is 1.27. The van der Waals surface area contributed by atoms with Crippen LogP contribution in [0.4, 0.5) is 4.39 Å². The van der Waals surface area contributed by atoms with Crippen molar-refractivity contribution in [3.05, 3.63) is 0 Å². The predicted octanol–water partition coefficient (Wildman–Crippen LogP) is 1.55. The highest BCUT2D eigenvalue weighted by Gasteiger charge is 2.09. The molecule has 2 nitrogen and oxygen atoms in total. The van der Waals surface area contributed by atoms with Gasteiger partial charge in [0.15, 0.2) is 0 Å². The van der Waals surface area contributed by atoms with E-state index in [1.54, 1.807) is 6.92 Å². The fraction of sp³-hybridized carbons (Fsp3) is 0.833. The number of carboxylic acids is 1. The molecule has 0 aromatic rings. The fourth-order valence-electron chi connectivity index (χ4n) is 0.386. The van der Waals surface area contributed by atoms with Crippen molar-refractivity contribution in [2.24, 2.45) is 0 Å². The van der Waals surface area contributed by atoms with Crippen LogP contribution < -0.4 is 0 Å². The molecule has 0 saturated heterocycles. The van der Waals surface area contributed by atoms with Crippen LogP contribution in [0, 0.1) is 0 Å². The summed E-state index contributed by atoms with van der Waals surface area (Å²) in [7, 11) is 0. The van der Waals surface area contributed by atoms with Gasteiger partial charge in [-0.2, -0.15) is 0 Å². The van der Waals surface area contributed by atoms with E-state index in [9.17, 15) is 9.18 Å². The molecule has 0 aliphatic heterocycles. The smallest absolute Gasteiger partial charge is 0.316 e. The molecule has 1 atom stereocenters. The third kappa shape index (κ3) is 4.61. The first kappa shape index (κ1) is 9.75. The average Bonchev–Trinajstić information content (AvgIpc) is 1.88. The van der Waals surface area contributed by atoms with Crippen molar-refractivity contribution in [3.63, 3.8) is 0 Å². The lowest BCUT2D eigenvalue weighted by atomic mass is 10.5. The second-order valence-electron chi connectivity index (χ2n) is 1.89. The van der Waals surface area contributed by atoms with Gasteiger partial charge in [0.2, 0.25) is 0 Å². The van der Waals surface area contributed by atoms with Gasteiger partial charge >= 0.3 is 5.97 Å². The Morgan fingerprint density at radius 1 is 1.80 bits per heavy atom. The van der Waals surface area contributed by atoms with Crippen LogP contribution in [0.1, 0.15) is 13.3 Å². The molecule has 60 valence electrons. The van der Waals surface area contributed by atoms with Crippen LogP contribution in [0.3, 0.4) is 0 Å². The Labute approximate surface area is 63.8 Å². The van der Waals surface area contributed by atoms with Gasteiger partial charge in [-0.25, -0.2) is 0 Å². The topological polar surface area (TPSA) is 37.3 Å². The molecule has 0 fully saturated rings. The number of aliphatic carboxylic acids is 1. The molecular formula is C6H11FO2S. The molecule has 10 heavy (non-hydrogen) atoms. The molecule has 0 saturated carbocycles. The van der Waals surface area contributed by atoms with Crippen molar-refractivity contribution < 1.29 is 14.3 Å². The first-order chi connectivity index (χ1) is 4.68. The van der Waals surface area contributed by atoms with Crippen molar-refractivity contribution >= 4 is 17.7 Å². The summed E-state index contributed by atoms with van der Waals surface area (Å²) in [5.74, 6) is -0.242. The predicted molar refractivity (Wildman–Crippen MR) is 40.1 cm³/mol. The highest BCUT2D eigenvalue weighted by atomic mass is 32.2. The number of halogens is 1. The zero-order chi connectivity index (χ0) is 7.98. The molecule has 0 bridgehead atoms. The van der Waals surface area contributed by atoms with Gasteiger partial charge < -0.3 is 5.11 Å². The number of alkyl halides is 1. The third-order valence-corrected chi connectivity index (χ3v) is 2.22. The lowest BCUT2D eigenvalue weighted by molar-refractivity contribution is -0.136. The zero-order valence-electron chi connectivity index (χ0n) is 5.84. The summed E-state index contributed by atoms with van der Waals surface area (Å²) in [6.45, 7) is 1.24. The second kappa shape index (κ2) is 5.53. The number of rotatable bonds is 5. The largest absolute Gasteiger partial charge is 0.480 e. The zero-order valence-corrected chi connectivity index (χ0v) is 6.66. The fourth-order valence-corrected chi connectivity index (χ4v) is 1.16. The lowest BCUT2D eigenvalue weighted by Gasteiger charge is -2.02. The van der Waals surface area contributed by atoms with Gasteiger partial charge in [0, 0.05) is 0 Å². The van der Waals surface area contributed by atoms with E-state index in [4.69, 9.17) is 5.11 Å². The Kier molecular flexibility index (Phi) is 5.39. The van der Waals surface area contributed by atoms with Crippen molar-refractivity contribution in [2.45, 2.75) is 18.6 Å². The Balaban J connectivity index is 3.21. The van der Waals surface area contributed by atoms with Crippen molar-refractivity contribution in [1.82, 2.24) is 0 Å². The van der Waals surface area contributed by atoms with Gasteiger partial charge in [-0.15, -0.1) is 11.8 Å². The minimum atomic E-state index is -0.830. The molecule has 0 radical (unpaired) electrons. The Hall–Kier alpha value is -0.250. The van der Waals surface area contributed by atoms with Crippen molar-refractivity contribution in [2.75, 3.05) is 12.4 Å². The third-order valence-electron chi connectivity index (χ3n) is 0.994. The standard InChI is InChI=1S/C6H11FO2S/c1-5(6(8)9)10-4-2-3-7/h5H,2-4H2,1H3,(H,8,9). The van der Waals surface area contributed by atoms with Crippen LogP contribution in [0.25, 0.3) is 0 Å². The summed E-state index contributed by atoms with van der Waals surface area (Å²) < 4.78 is 11.5. The van der Waals surface area contributed by atoms with Crippen LogP contribution >= 0.6 is 11.8 Å². The molecular weight excluding hydrogens is 155 g/mol. The molecule has 4 heteroatoms. The monoisotopic (exact) mass is 166 g/mol. The first-order valence-electron chi connectivity index (χ1n) is 3.09. The highest BCUT2D eigenvalue weighted by molar-refractivity contribution is 8.00. The number of hydrogen-bond donors (Lipinski definition) is 1. The SMILES string of the molecule is CC(SCCCF)C(=O)O. The van der Waals surface area contributed by atoms with E-state index in [1.807, 2.05) is 0 Å². The van der Waals surface area contributed by atoms with E-state index in [-0.39, 0.29) is 6.67 Å². The number of carbonyl (C=O) groups is 1. The first-order valence-corrected chi connectivity index (χ1v) is 4.13. The molecule has 0 amide bonds. The maximum atomic E-state index is 11.5. The Morgan fingerprint density at radius 2 is 2.40 bits per heavy atom. The van der Waals surface area contributed by atoms with Gasteiger partial charge in [0.1, 0.15) is 0 Å². The minimum Gasteiger partial charge on any atom is -0.480 e. The average molecular weight is 166 g/mol. The Bertz CT molecular complexity index is 108. The number of carboxylic acid groups (broad SMARTS) is 1. The van der Waals surface area contributed by atoms with Gasteiger partial charge in [0.05, 0.1) is 11.9 Å². The summed E-state index contributed by atoms with van der Waals surface area (Å²) in [5.41, 5.74) is 0. The molecule has 0 spiro atoms. The molecule has 0 heterocycles. The molecule has 0 aliphatic carbocycles. The van der Waals surface area contributed by atoms with Crippen molar-refractivity contribution in [3.8, 4) is 0 Å². The van der Waals surface area contributed by atoms with E-state index < -0.39 is 11.2 Å². The highest BCUT2D eigenvalue weighted by Crippen LogP contribution is 2.11. The molecule has 1 unspecified atom stereocenters. The van der Waals surface area contributed by atoms with Gasteiger partial charge in [-0.1, -0.05) is 0 Å². The van der Waals surface area contributed by atoms with E-state index in [0.717, 1.165) is 0 Å². The van der Waals surface area contributed by atoms with Crippen LogP contribution in [-0.4, -0.2) is 28.8 Å². The normalized spacial score (nSPS) is 13.0. The van der Waals surface area contributed by atoms with Gasteiger partial charge in [-0.05, 0) is 19.1 Å². The number of hydrogen-bond acceptors (Lipinski definition) is 2. The number of thioether (sulfide) groups is 1. The summed E-state index contributed by atoms with van der Waals surface area (Å²) in [6.07, 6.45) is 0.447. The lowest BCUT2D eigenvalue weighted by Crippen LogP contribution is -2.12. The molecule has 0 aromatic heterocycles. The van der Waals surface area contributed by atoms with Crippen molar-refractivity contribution in [1.29, 1.82) is 0 Å². The minimum absolute atomic E-state index is 0.362. The molecule has 0 aromatic carbocycles. The van der Waals surface area contributed by atoms with Crippen LogP contribution in [0.2, 0.25) is 0 Å². The molecule has 0 aliphatic rings. The summed E-state index contributed by atoms with van der Waals surface area (Å²) in [4.78, 5) is 10.2. The van der Waals surface area contributed by atoms with E-state index in [1.165, 1.54) is 11.8 Å². The maximum Gasteiger partial charge on any atom is 0.316 e. The van der Waals surface area contributed by atoms with E-state index in [0.29, 0.717) is 12.2 Å².